The third kappa shape index (κ3) is 6.91. The van der Waals surface area contributed by atoms with Gasteiger partial charge < -0.3 is 5.11 Å². The topological polar surface area (TPSA) is 109 Å². The molecule has 32 heavy (non-hydrogen) atoms. The molecule has 1 aromatic rings. The molecule has 1 unspecified atom stereocenters. The van der Waals surface area contributed by atoms with Crippen molar-refractivity contribution >= 4 is 23.7 Å². The molecule has 0 aliphatic carbocycles. The Morgan fingerprint density at radius 1 is 1.06 bits per heavy atom. The minimum absolute atomic E-state index is 0.0653. The van der Waals surface area contributed by atoms with Crippen molar-refractivity contribution in [3.8, 4) is 0 Å². The summed E-state index contributed by atoms with van der Waals surface area (Å²) in [4.78, 5) is 37.9. The largest absolute Gasteiger partial charge is 0.481 e. The number of aliphatic carboxylic acids is 1. The Morgan fingerprint density at radius 2 is 1.62 bits per heavy atom. The number of carbonyl (C=O) groups is 3. The van der Waals surface area contributed by atoms with Gasteiger partial charge in [0.1, 0.15) is 0 Å². The van der Waals surface area contributed by atoms with E-state index in [0.29, 0.717) is 5.56 Å². The molecule has 6 nitrogen and oxygen atoms in total. The van der Waals surface area contributed by atoms with Crippen molar-refractivity contribution in [2.24, 2.45) is 34.9 Å². The number of halogens is 3. The van der Waals surface area contributed by atoms with Gasteiger partial charge in [0.25, 0.3) is 0 Å². The Balaban J connectivity index is 3.90. The molecule has 1 rings (SSSR count). The fourth-order valence-corrected chi connectivity index (χ4v) is 4.12. The zero-order valence-corrected chi connectivity index (χ0v) is 18.6. The average Bonchev–Trinajstić information content (AvgIpc) is 2.69. The highest BCUT2D eigenvalue weighted by molar-refractivity contribution is 5.98. The highest BCUT2D eigenvalue weighted by atomic mass is 19.4. The van der Waals surface area contributed by atoms with Gasteiger partial charge in [-0.15, -0.1) is 0 Å². The van der Waals surface area contributed by atoms with Crippen LogP contribution in [0.2, 0.25) is 0 Å². The van der Waals surface area contributed by atoms with Crippen molar-refractivity contribution in [3.63, 3.8) is 0 Å². The number of hydrogen-bond acceptors (Lipinski definition) is 4. The lowest BCUT2D eigenvalue weighted by Crippen LogP contribution is -2.54. The number of nitrogens with one attached hydrogen (secondary N) is 1. The first-order valence-corrected chi connectivity index (χ1v) is 10.4. The van der Waals surface area contributed by atoms with E-state index in [0.717, 1.165) is 6.08 Å². The molecular formula is C23H31F3N2O4. The summed E-state index contributed by atoms with van der Waals surface area (Å²) in [6, 6.07) is 8.26. The van der Waals surface area contributed by atoms with Gasteiger partial charge >= 0.3 is 12.1 Å². The first-order valence-electron chi connectivity index (χ1n) is 10.4. The third-order valence-corrected chi connectivity index (χ3v) is 5.23. The van der Waals surface area contributed by atoms with Crippen LogP contribution in [0.3, 0.4) is 0 Å². The van der Waals surface area contributed by atoms with Crippen LogP contribution < -0.4 is 11.3 Å². The lowest BCUT2D eigenvalue weighted by molar-refractivity contribution is -0.187. The van der Waals surface area contributed by atoms with Gasteiger partial charge in [-0.1, -0.05) is 70.2 Å². The molecule has 3 atom stereocenters. The van der Waals surface area contributed by atoms with E-state index >= 15 is 0 Å². The minimum Gasteiger partial charge on any atom is -0.481 e. The number of carboxylic acids is 1. The molecule has 0 spiro atoms. The number of carboxylic acid groups (broad SMARTS) is 1. The normalized spacial score (nSPS) is 16.1. The Morgan fingerprint density at radius 3 is 2.03 bits per heavy atom. The molecule has 0 radical (unpaired) electrons. The summed E-state index contributed by atoms with van der Waals surface area (Å²) in [5, 5.41) is 10.1. The molecule has 1 amide bonds. The Labute approximate surface area is 186 Å². The number of nitrogens with two attached hydrogens (primary N) is 1. The van der Waals surface area contributed by atoms with Gasteiger partial charge in [0.15, 0.2) is 0 Å². The third-order valence-electron chi connectivity index (χ3n) is 5.23. The van der Waals surface area contributed by atoms with Crippen molar-refractivity contribution in [1.29, 1.82) is 0 Å². The summed E-state index contributed by atoms with van der Waals surface area (Å²) in [6.45, 7) is 6.58. The average molecular weight is 457 g/mol. The summed E-state index contributed by atoms with van der Waals surface area (Å²) in [7, 11) is 0. The van der Waals surface area contributed by atoms with Gasteiger partial charge in [0.2, 0.25) is 11.7 Å². The molecule has 178 valence electrons. The monoisotopic (exact) mass is 456 g/mol. The zero-order valence-electron chi connectivity index (χ0n) is 18.6. The summed E-state index contributed by atoms with van der Waals surface area (Å²) in [5.41, 5.74) is -0.161. The van der Waals surface area contributed by atoms with Gasteiger partial charge in [-0.25, -0.2) is 5.84 Å². The van der Waals surface area contributed by atoms with Crippen LogP contribution in [0.15, 0.2) is 36.4 Å². The Kier molecular flexibility index (Phi) is 9.63. The number of ketones is 1. The molecule has 0 fully saturated rings. The second-order valence-electron chi connectivity index (χ2n) is 8.77. The number of alkyl halides is 3. The van der Waals surface area contributed by atoms with Gasteiger partial charge in [-0.2, -0.15) is 13.2 Å². The number of carbonyl (C=O) groups excluding carboxylic acids is 2. The molecule has 0 aliphatic heterocycles. The first-order chi connectivity index (χ1) is 14.8. The van der Waals surface area contributed by atoms with Crippen molar-refractivity contribution in [2.45, 2.75) is 46.7 Å². The van der Waals surface area contributed by atoms with Crippen LogP contribution in [0.4, 0.5) is 13.2 Å². The zero-order chi connectivity index (χ0) is 24.7. The van der Waals surface area contributed by atoms with Crippen molar-refractivity contribution < 1.29 is 32.7 Å². The quantitative estimate of drug-likeness (QED) is 0.262. The molecule has 4 N–H and O–H groups in total. The molecule has 0 bridgehead atoms. The number of rotatable bonds is 11. The van der Waals surface area contributed by atoms with Gasteiger partial charge in [0, 0.05) is 0 Å². The van der Waals surface area contributed by atoms with E-state index in [2.05, 4.69) is 0 Å². The maximum Gasteiger partial charge on any atom is 0.450 e. The highest BCUT2D eigenvalue weighted by Crippen LogP contribution is 2.47. The summed E-state index contributed by atoms with van der Waals surface area (Å²) < 4.78 is 41.6. The number of amides is 1. The van der Waals surface area contributed by atoms with E-state index in [1.807, 2.05) is 5.43 Å². The number of Topliss-reactive ketones (excluding diaryl/α,β-unsaturated/α-hetero) is 1. The maximum absolute atomic E-state index is 13.9. The molecular weight excluding hydrogens is 425 g/mol. The molecule has 0 aliphatic rings. The van der Waals surface area contributed by atoms with Crippen molar-refractivity contribution in [3.05, 3.63) is 42.0 Å². The summed E-state index contributed by atoms with van der Waals surface area (Å²) >= 11 is 0. The van der Waals surface area contributed by atoms with Crippen LogP contribution in [-0.2, 0) is 14.4 Å². The van der Waals surface area contributed by atoms with Crippen LogP contribution in [0.5, 0.6) is 0 Å². The van der Waals surface area contributed by atoms with E-state index in [4.69, 9.17) is 5.84 Å². The van der Waals surface area contributed by atoms with E-state index in [1.165, 1.54) is 6.08 Å². The molecule has 9 heteroatoms. The van der Waals surface area contributed by atoms with E-state index in [1.54, 1.807) is 58.0 Å². The van der Waals surface area contributed by atoms with Gasteiger partial charge in [-0.05, 0) is 30.2 Å². The highest BCUT2D eigenvalue weighted by Gasteiger charge is 2.60. The molecule has 0 heterocycles. The second kappa shape index (κ2) is 11.3. The van der Waals surface area contributed by atoms with Gasteiger partial charge in [0.05, 0.1) is 17.3 Å². The fourth-order valence-electron chi connectivity index (χ4n) is 4.12. The fraction of sp³-hybridized carbons (Fsp3) is 0.522. The second-order valence-corrected chi connectivity index (χ2v) is 8.77. The summed E-state index contributed by atoms with van der Waals surface area (Å²) in [6.07, 6.45) is -3.49. The molecule has 1 aromatic carbocycles. The van der Waals surface area contributed by atoms with Crippen LogP contribution in [0, 0.1) is 29.1 Å². The number of allylic oxidation sites excluding steroid dienone is 1. The number of benzene rings is 1. The Bertz CT molecular complexity index is 822. The van der Waals surface area contributed by atoms with Crippen LogP contribution in [0.25, 0.3) is 6.08 Å². The van der Waals surface area contributed by atoms with Crippen molar-refractivity contribution in [1.82, 2.24) is 5.43 Å². The summed E-state index contributed by atoms with van der Waals surface area (Å²) in [5.74, 6) is -3.72. The SMILES string of the molecule is CC(C)C[C@@H](C(=O)NN)[C@H](C(=O)O)C(/C=C/c1ccccc1)(CC(C)C)C(=O)C(F)(F)F. The smallest absolute Gasteiger partial charge is 0.450 e. The van der Waals surface area contributed by atoms with E-state index in [-0.39, 0.29) is 12.3 Å². The predicted octanol–water partition coefficient (Wildman–Crippen LogP) is 4.22. The number of hydrogen-bond donors (Lipinski definition) is 3. The minimum atomic E-state index is -5.31. The van der Waals surface area contributed by atoms with E-state index < -0.39 is 53.4 Å². The molecule has 0 saturated heterocycles. The van der Waals surface area contributed by atoms with Crippen LogP contribution in [0.1, 0.15) is 46.1 Å². The van der Waals surface area contributed by atoms with Gasteiger partial charge in [-0.3, -0.25) is 19.8 Å². The van der Waals surface area contributed by atoms with Crippen molar-refractivity contribution in [2.75, 3.05) is 0 Å². The molecule has 0 saturated carbocycles. The predicted molar refractivity (Wildman–Crippen MR) is 115 cm³/mol. The van der Waals surface area contributed by atoms with Crippen LogP contribution >= 0.6 is 0 Å². The first kappa shape index (κ1) is 27.4. The maximum atomic E-state index is 13.9. The lowest BCUT2D eigenvalue weighted by Gasteiger charge is -2.40. The lowest BCUT2D eigenvalue weighted by atomic mass is 9.61. The van der Waals surface area contributed by atoms with Crippen LogP contribution in [-0.4, -0.2) is 28.9 Å². The van der Waals surface area contributed by atoms with E-state index in [9.17, 15) is 32.7 Å². The standard InChI is InChI=1S/C23H31F3N2O4/c1-14(2)12-17(19(29)28-27)18(20(30)31)22(13-15(3)4,21(32)23(24,25)26)11-10-16-8-6-5-7-9-16/h5-11,14-15,17-18H,12-13,27H2,1-4H3,(H,28,29)(H,30,31)/b11-10+/t17-,18-,22?/m1/s1. The number of hydrazine groups is 1. The molecule has 0 aromatic heterocycles. The Hall–Kier alpha value is -2.68.